The summed E-state index contributed by atoms with van der Waals surface area (Å²) in [4.78, 5) is 43.8. The minimum Gasteiger partial charge on any atom is -0.387 e. The number of hydrogen-bond donors (Lipinski definition) is 1. The maximum absolute atomic E-state index is 16.0. The molecule has 2 saturated heterocycles. The highest BCUT2D eigenvalue weighted by atomic mass is 19.1. The monoisotopic (exact) mass is 551 g/mol. The van der Waals surface area contributed by atoms with Crippen molar-refractivity contribution in [1.82, 2.24) is 24.5 Å². The Morgan fingerprint density at radius 3 is 2.33 bits per heavy atom. The molecule has 1 aromatic carbocycles. The van der Waals surface area contributed by atoms with Gasteiger partial charge in [-0.3, -0.25) is 19.1 Å². The van der Waals surface area contributed by atoms with Crippen molar-refractivity contribution in [2.75, 3.05) is 45.9 Å². The van der Waals surface area contributed by atoms with Gasteiger partial charge in [0.1, 0.15) is 18.8 Å². The summed E-state index contributed by atoms with van der Waals surface area (Å²) in [5.41, 5.74) is 3.72. The Kier molecular flexibility index (Phi) is 6.71. The van der Waals surface area contributed by atoms with Crippen LogP contribution in [0.1, 0.15) is 64.1 Å². The van der Waals surface area contributed by atoms with E-state index in [-0.39, 0.29) is 37.1 Å². The average Bonchev–Trinajstić information content (AvgIpc) is 3.25. The van der Waals surface area contributed by atoms with Crippen molar-refractivity contribution in [3.05, 3.63) is 51.8 Å². The van der Waals surface area contributed by atoms with Crippen molar-refractivity contribution < 1.29 is 23.9 Å². The molecule has 3 amide bonds. The lowest BCUT2D eigenvalue weighted by Crippen LogP contribution is -2.51. The zero-order chi connectivity index (χ0) is 28.3. The van der Waals surface area contributed by atoms with E-state index in [1.54, 1.807) is 19.4 Å². The lowest BCUT2D eigenvalue weighted by atomic mass is 9.82. The first-order valence-electron chi connectivity index (χ1n) is 14.4. The molecule has 2 aliphatic carbocycles. The highest BCUT2D eigenvalue weighted by molar-refractivity contribution is 5.95. The summed E-state index contributed by atoms with van der Waals surface area (Å²) in [7, 11) is 0. The third-order valence-electron chi connectivity index (χ3n) is 9.96. The minimum absolute atomic E-state index is 0.0466. The number of nitrogens with zero attached hydrogens (tertiary/aromatic N) is 5. The molecule has 0 spiro atoms. The standard InChI is InChI=1S/C30H38FN5O4/c1-18-5-4-6-22(19(18)2)30(31)7-9-33(10-8-30)24(38)16-36-23-15-21-20(3)26(21)27(23)28(32-36)29(40)35-13-11-34(12-14-35)25(39)17-37/h4-6,20-21,26,37H,7-17H2,1-3H3. The predicted octanol–water partition coefficient (Wildman–Crippen LogP) is 2.17. The number of amides is 3. The molecule has 3 unspecified atom stereocenters. The van der Waals surface area contributed by atoms with Crippen molar-refractivity contribution in [2.24, 2.45) is 11.8 Å². The fraction of sp³-hybridized carbons (Fsp3) is 0.600. The van der Waals surface area contributed by atoms with Gasteiger partial charge in [0.05, 0.1) is 0 Å². The highest BCUT2D eigenvalue weighted by Gasteiger charge is 2.56. The Hall–Kier alpha value is -3.27. The molecular formula is C30H38FN5O4. The summed E-state index contributed by atoms with van der Waals surface area (Å²) in [6.07, 6.45) is 1.33. The van der Waals surface area contributed by atoms with E-state index in [1.807, 2.05) is 32.0 Å². The number of aromatic nitrogens is 2. The van der Waals surface area contributed by atoms with Gasteiger partial charge < -0.3 is 19.8 Å². The molecule has 3 fully saturated rings. The molecule has 10 heteroatoms. The van der Waals surface area contributed by atoms with Crippen molar-refractivity contribution in [1.29, 1.82) is 0 Å². The Morgan fingerprint density at radius 2 is 1.65 bits per heavy atom. The number of carbonyl (C=O) groups is 3. The number of carbonyl (C=O) groups excluding carboxylic acids is 3. The zero-order valence-electron chi connectivity index (χ0n) is 23.5. The van der Waals surface area contributed by atoms with E-state index in [1.165, 1.54) is 0 Å². The third-order valence-corrected chi connectivity index (χ3v) is 9.96. The van der Waals surface area contributed by atoms with E-state index in [9.17, 15) is 14.4 Å². The second-order valence-electron chi connectivity index (χ2n) is 12.0. The van der Waals surface area contributed by atoms with Gasteiger partial charge >= 0.3 is 0 Å². The number of alkyl halides is 1. The number of benzene rings is 1. The van der Waals surface area contributed by atoms with Crippen molar-refractivity contribution in [3.63, 3.8) is 0 Å². The number of piperazine rings is 1. The zero-order valence-corrected chi connectivity index (χ0v) is 23.5. The first kappa shape index (κ1) is 26.9. The summed E-state index contributed by atoms with van der Waals surface area (Å²) in [5.74, 6) is 0.692. The lowest BCUT2D eigenvalue weighted by molar-refractivity contribution is -0.136. The third kappa shape index (κ3) is 4.40. The fourth-order valence-corrected chi connectivity index (χ4v) is 7.18. The first-order chi connectivity index (χ1) is 19.1. The molecule has 2 aromatic rings. The van der Waals surface area contributed by atoms with Gasteiger partial charge in [-0.2, -0.15) is 5.10 Å². The molecule has 1 N–H and O–H groups in total. The van der Waals surface area contributed by atoms with Crippen LogP contribution in [0.4, 0.5) is 4.39 Å². The summed E-state index contributed by atoms with van der Waals surface area (Å²) in [6.45, 7) is 7.87. The van der Waals surface area contributed by atoms with Crippen LogP contribution in [0.15, 0.2) is 18.2 Å². The molecule has 0 radical (unpaired) electrons. The van der Waals surface area contributed by atoms with Crippen LogP contribution >= 0.6 is 0 Å². The van der Waals surface area contributed by atoms with Gasteiger partial charge in [-0.05, 0) is 54.7 Å². The van der Waals surface area contributed by atoms with Crippen LogP contribution in [0.2, 0.25) is 0 Å². The van der Waals surface area contributed by atoms with Gasteiger partial charge in [0.2, 0.25) is 11.8 Å². The summed E-state index contributed by atoms with van der Waals surface area (Å²) < 4.78 is 17.7. The number of halogens is 1. The molecule has 2 aliphatic heterocycles. The van der Waals surface area contributed by atoms with Crippen LogP contribution in [0, 0.1) is 25.7 Å². The second-order valence-corrected chi connectivity index (χ2v) is 12.0. The van der Waals surface area contributed by atoms with E-state index in [0.717, 1.165) is 34.4 Å². The lowest BCUT2D eigenvalue weighted by Gasteiger charge is -2.37. The predicted molar refractivity (Wildman–Crippen MR) is 145 cm³/mol. The molecule has 3 atom stereocenters. The Bertz CT molecular complexity index is 1360. The van der Waals surface area contributed by atoms with Gasteiger partial charge in [0.15, 0.2) is 5.69 Å². The number of fused-ring (bicyclic) bond motifs is 3. The van der Waals surface area contributed by atoms with Gasteiger partial charge in [-0.25, -0.2) is 4.39 Å². The van der Waals surface area contributed by atoms with Gasteiger partial charge in [0.25, 0.3) is 5.91 Å². The summed E-state index contributed by atoms with van der Waals surface area (Å²) >= 11 is 0. The Morgan fingerprint density at radius 1 is 1.00 bits per heavy atom. The molecule has 3 heterocycles. The maximum atomic E-state index is 16.0. The number of hydrogen-bond acceptors (Lipinski definition) is 5. The quantitative estimate of drug-likeness (QED) is 0.614. The van der Waals surface area contributed by atoms with E-state index in [4.69, 9.17) is 10.2 Å². The Balaban J connectivity index is 1.15. The van der Waals surface area contributed by atoms with Crippen LogP contribution in [0.25, 0.3) is 0 Å². The van der Waals surface area contributed by atoms with Crippen LogP contribution in [0.5, 0.6) is 0 Å². The fourth-order valence-electron chi connectivity index (χ4n) is 7.18. The van der Waals surface area contributed by atoms with Crippen LogP contribution in [-0.2, 0) is 28.2 Å². The average molecular weight is 552 g/mol. The second kappa shape index (κ2) is 9.98. The molecule has 214 valence electrons. The highest BCUT2D eigenvalue weighted by Crippen LogP contribution is 2.62. The number of likely N-dealkylation sites (tertiary alicyclic amines) is 1. The largest absolute Gasteiger partial charge is 0.387 e. The van der Waals surface area contributed by atoms with Crippen molar-refractivity contribution in [2.45, 2.75) is 58.2 Å². The molecular weight excluding hydrogens is 513 g/mol. The molecule has 4 aliphatic rings. The topological polar surface area (TPSA) is 99.0 Å². The van der Waals surface area contributed by atoms with Gasteiger partial charge in [-0.15, -0.1) is 0 Å². The molecule has 1 saturated carbocycles. The van der Waals surface area contributed by atoms with Crippen molar-refractivity contribution >= 4 is 17.7 Å². The van der Waals surface area contributed by atoms with E-state index >= 15 is 4.39 Å². The van der Waals surface area contributed by atoms with Crippen molar-refractivity contribution in [3.8, 4) is 0 Å². The first-order valence-corrected chi connectivity index (χ1v) is 14.4. The van der Waals surface area contributed by atoms with Crippen LogP contribution in [-0.4, -0.2) is 93.2 Å². The van der Waals surface area contributed by atoms with E-state index < -0.39 is 12.3 Å². The van der Waals surface area contributed by atoms with Gasteiger partial charge in [-0.1, -0.05) is 25.1 Å². The number of rotatable bonds is 5. The molecule has 0 bridgehead atoms. The normalized spacial score (nSPS) is 25.0. The Labute approximate surface area is 233 Å². The minimum atomic E-state index is -1.44. The molecule has 1 aromatic heterocycles. The SMILES string of the molecule is Cc1cccc(C2(F)CCN(C(=O)Cn3nc(C(=O)N4CCN(C(=O)CO)CC4)c4c3CC3C(C)C43)CC2)c1C. The number of aliphatic hydroxyl groups excluding tert-OH is 1. The summed E-state index contributed by atoms with van der Waals surface area (Å²) in [5, 5.41) is 13.8. The molecule has 40 heavy (non-hydrogen) atoms. The maximum Gasteiger partial charge on any atom is 0.274 e. The summed E-state index contributed by atoms with van der Waals surface area (Å²) in [6, 6.07) is 5.75. The number of piperidine rings is 1. The number of aliphatic hydroxyl groups is 1. The van der Waals surface area contributed by atoms with E-state index in [2.05, 4.69) is 6.92 Å². The number of aryl methyl sites for hydroxylation is 1. The van der Waals surface area contributed by atoms with Crippen LogP contribution in [0.3, 0.4) is 0 Å². The van der Waals surface area contributed by atoms with Crippen LogP contribution < -0.4 is 0 Å². The van der Waals surface area contributed by atoms with E-state index in [0.29, 0.717) is 62.7 Å². The van der Waals surface area contributed by atoms with Gasteiger partial charge in [0, 0.05) is 63.4 Å². The molecule has 9 nitrogen and oxygen atoms in total. The molecule has 6 rings (SSSR count). The smallest absolute Gasteiger partial charge is 0.274 e.